The van der Waals surface area contributed by atoms with Gasteiger partial charge in [0.2, 0.25) is 0 Å². The number of aromatic nitrogens is 4. The van der Waals surface area contributed by atoms with E-state index in [1.807, 2.05) is 42.0 Å². The Bertz CT molecular complexity index is 958. The normalized spacial score (nSPS) is 11.9. The molecule has 2 heterocycles. The predicted octanol–water partition coefficient (Wildman–Crippen LogP) is 3.62. The first-order valence-electron chi connectivity index (χ1n) is 8.55. The number of Topliss-reactive ketones (excluding diaryl/α,β-unsaturated/α-hetero) is 1. The number of thioether (sulfide) groups is 1. The van der Waals surface area contributed by atoms with Crippen molar-refractivity contribution in [2.45, 2.75) is 37.9 Å². The van der Waals surface area contributed by atoms with Gasteiger partial charge >= 0.3 is 0 Å². The molecule has 1 atom stereocenters. The van der Waals surface area contributed by atoms with Crippen LogP contribution in [0.4, 0.5) is 0 Å². The van der Waals surface area contributed by atoms with Gasteiger partial charge in [-0.15, -0.1) is 21.5 Å². The molecule has 0 aliphatic rings. The molecule has 0 radical (unpaired) electrons. The van der Waals surface area contributed by atoms with Gasteiger partial charge in [0.15, 0.2) is 16.9 Å². The average Bonchev–Trinajstić information content (AvgIpc) is 3.27. The zero-order chi connectivity index (χ0) is 19.2. The van der Waals surface area contributed by atoms with Gasteiger partial charge in [-0.3, -0.25) is 4.79 Å². The molecule has 0 saturated carbocycles. The van der Waals surface area contributed by atoms with E-state index in [1.54, 1.807) is 0 Å². The van der Waals surface area contributed by atoms with E-state index < -0.39 is 5.92 Å². The number of aryl methyl sites for hydroxylation is 1. The zero-order valence-electron chi connectivity index (χ0n) is 15.1. The lowest BCUT2D eigenvalue weighted by atomic mass is 10.1. The number of ketones is 1. The molecule has 8 heteroatoms. The van der Waals surface area contributed by atoms with Gasteiger partial charge in [0, 0.05) is 24.0 Å². The van der Waals surface area contributed by atoms with Crippen LogP contribution in [0.5, 0.6) is 0 Å². The summed E-state index contributed by atoms with van der Waals surface area (Å²) in [5, 5.41) is 21.0. The molecule has 2 aromatic heterocycles. The molecule has 3 aromatic rings. The maximum absolute atomic E-state index is 12.5. The van der Waals surface area contributed by atoms with Crippen molar-refractivity contribution in [2.75, 3.05) is 5.75 Å². The van der Waals surface area contributed by atoms with Crippen LogP contribution in [0.3, 0.4) is 0 Å². The third-order valence-electron chi connectivity index (χ3n) is 3.99. The second-order valence-electron chi connectivity index (χ2n) is 5.95. The number of nitriles is 1. The van der Waals surface area contributed by atoms with Crippen LogP contribution in [-0.2, 0) is 17.8 Å². The zero-order valence-corrected chi connectivity index (χ0v) is 16.8. The van der Waals surface area contributed by atoms with E-state index >= 15 is 0 Å². The van der Waals surface area contributed by atoms with Crippen LogP contribution >= 0.6 is 23.1 Å². The fraction of sp³-hybridized carbons (Fsp3) is 0.316. The SMILES string of the molecule is CCn1c(Cc2ccccc2)nnc1SCC(=O)[C@@H](C#N)c1nc(C)cs1. The largest absolute Gasteiger partial charge is 0.306 e. The topological polar surface area (TPSA) is 84.5 Å². The highest BCUT2D eigenvalue weighted by Gasteiger charge is 2.24. The second kappa shape index (κ2) is 8.93. The van der Waals surface area contributed by atoms with E-state index in [9.17, 15) is 10.1 Å². The lowest BCUT2D eigenvalue weighted by molar-refractivity contribution is -0.116. The van der Waals surface area contributed by atoms with Crippen molar-refractivity contribution in [3.8, 4) is 6.07 Å². The fourth-order valence-electron chi connectivity index (χ4n) is 2.64. The summed E-state index contributed by atoms with van der Waals surface area (Å²) in [4.78, 5) is 16.8. The Labute approximate surface area is 166 Å². The van der Waals surface area contributed by atoms with Gasteiger partial charge in [0.05, 0.1) is 11.8 Å². The smallest absolute Gasteiger partial charge is 0.191 e. The number of carbonyl (C=O) groups excluding carboxylic acids is 1. The minimum atomic E-state index is -0.821. The third-order valence-corrected chi connectivity index (χ3v) is 6.01. The molecule has 3 rings (SSSR count). The summed E-state index contributed by atoms with van der Waals surface area (Å²) in [5.41, 5.74) is 1.99. The summed E-state index contributed by atoms with van der Waals surface area (Å²) in [5.74, 6) is 0.0523. The molecule has 0 aliphatic heterocycles. The van der Waals surface area contributed by atoms with Crippen LogP contribution in [0.1, 0.15) is 34.9 Å². The van der Waals surface area contributed by atoms with Gasteiger partial charge in [-0.2, -0.15) is 5.26 Å². The number of benzene rings is 1. The lowest BCUT2D eigenvalue weighted by Gasteiger charge is -2.08. The van der Waals surface area contributed by atoms with Crippen LogP contribution in [-0.4, -0.2) is 31.3 Å². The van der Waals surface area contributed by atoms with Crippen LogP contribution < -0.4 is 0 Å². The molecule has 0 saturated heterocycles. The summed E-state index contributed by atoms with van der Waals surface area (Å²) >= 11 is 2.67. The van der Waals surface area contributed by atoms with Crippen molar-refractivity contribution >= 4 is 28.9 Å². The lowest BCUT2D eigenvalue weighted by Crippen LogP contribution is -2.14. The van der Waals surface area contributed by atoms with Crippen LogP contribution in [0, 0.1) is 18.3 Å². The average molecular weight is 398 g/mol. The summed E-state index contributed by atoms with van der Waals surface area (Å²) < 4.78 is 2.01. The van der Waals surface area contributed by atoms with E-state index in [-0.39, 0.29) is 11.5 Å². The number of hydrogen-bond donors (Lipinski definition) is 0. The quantitative estimate of drug-likeness (QED) is 0.540. The van der Waals surface area contributed by atoms with E-state index in [0.29, 0.717) is 16.6 Å². The predicted molar refractivity (Wildman–Crippen MR) is 106 cm³/mol. The molecular weight excluding hydrogens is 378 g/mol. The summed E-state index contributed by atoms with van der Waals surface area (Å²) in [6.07, 6.45) is 0.690. The second-order valence-corrected chi connectivity index (χ2v) is 7.78. The van der Waals surface area contributed by atoms with Gasteiger partial charge in [-0.25, -0.2) is 4.98 Å². The molecule has 0 spiro atoms. The maximum Gasteiger partial charge on any atom is 0.191 e. The van der Waals surface area contributed by atoms with Crippen molar-refractivity contribution < 1.29 is 4.79 Å². The highest BCUT2D eigenvalue weighted by Crippen LogP contribution is 2.25. The van der Waals surface area contributed by atoms with Crippen molar-refractivity contribution in [1.29, 1.82) is 5.26 Å². The minimum absolute atomic E-state index is 0.160. The van der Waals surface area contributed by atoms with Gasteiger partial charge in [0.25, 0.3) is 0 Å². The van der Waals surface area contributed by atoms with Crippen LogP contribution in [0.15, 0.2) is 40.9 Å². The monoisotopic (exact) mass is 397 g/mol. The third kappa shape index (κ3) is 4.62. The van der Waals surface area contributed by atoms with Gasteiger partial charge in [-0.05, 0) is 19.4 Å². The van der Waals surface area contributed by atoms with Gasteiger partial charge in [0.1, 0.15) is 10.8 Å². The van der Waals surface area contributed by atoms with Crippen molar-refractivity contribution in [2.24, 2.45) is 0 Å². The first-order chi connectivity index (χ1) is 13.1. The Hall–Kier alpha value is -2.50. The van der Waals surface area contributed by atoms with E-state index in [2.05, 4.69) is 33.4 Å². The number of rotatable bonds is 8. The summed E-state index contributed by atoms with van der Waals surface area (Å²) in [6.45, 7) is 4.60. The Kier molecular flexibility index (Phi) is 6.37. The maximum atomic E-state index is 12.5. The van der Waals surface area contributed by atoms with Crippen molar-refractivity contribution in [1.82, 2.24) is 19.7 Å². The molecule has 0 aliphatic carbocycles. The Morgan fingerprint density at radius 3 is 2.74 bits per heavy atom. The van der Waals surface area contributed by atoms with E-state index in [0.717, 1.165) is 23.6 Å². The fourth-order valence-corrected chi connectivity index (χ4v) is 4.43. The molecule has 138 valence electrons. The number of nitrogens with zero attached hydrogens (tertiary/aromatic N) is 5. The molecule has 1 aromatic carbocycles. The molecule has 27 heavy (non-hydrogen) atoms. The number of carbonyl (C=O) groups is 1. The van der Waals surface area contributed by atoms with Gasteiger partial charge in [-0.1, -0.05) is 42.1 Å². The first-order valence-corrected chi connectivity index (χ1v) is 10.4. The summed E-state index contributed by atoms with van der Waals surface area (Å²) in [7, 11) is 0. The molecular formula is C19H19N5OS2. The van der Waals surface area contributed by atoms with Crippen molar-refractivity contribution in [3.05, 3.63) is 57.8 Å². The standard InChI is InChI=1S/C19H19N5OS2/c1-3-24-17(9-14-7-5-4-6-8-14)22-23-19(24)27-12-16(25)15(10-20)18-21-13(2)11-26-18/h4-8,11,15H,3,9,12H2,1-2H3/t15-/m1/s1. The summed E-state index contributed by atoms with van der Waals surface area (Å²) in [6, 6.07) is 12.2. The Morgan fingerprint density at radius 1 is 1.33 bits per heavy atom. The molecule has 0 N–H and O–H groups in total. The molecule has 0 amide bonds. The van der Waals surface area contributed by atoms with Crippen molar-refractivity contribution in [3.63, 3.8) is 0 Å². The highest BCUT2D eigenvalue weighted by molar-refractivity contribution is 7.99. The number of thiazole rings is 1. The highest BCUT2D eigenvalue weighted by atomic mass is 32.2. The number of hydrogen-bond acceptors (Lipinski definition) is 7. The molecule has 0 bridgehead atoms. The Balaban J connectivity index is 1.69. The van der Waals surface area contributed by atoms with E-state index in [1.165, 1.54) is 23.1 Å². The van der Waals surface area contributed by atoms with Crippen LogP contribution in [0.2, 0.25) is 0 Å². The minimum Gasteiger partial charge on any atom is -0.306 e. The van der Waals surface area contributed by atoms with E-state index in [4.69, 9.17) is 0 Å². The van der Waals surface area contributed by atoms with Crippen LogP contribution in [0.25, 0.3) is 0 Å². The van der Waals surface area contributed by atoms with Gasteiger partial charge < -0.3 is 4.57 Å². The first kappa shape index (κ1) is 19.3. The molecule has 0 unspecified atom stereocenters. The molecule has 6 nitrogen and oxygen atoms in total. The molecule has 0 fully saturated rings. The Morgan fingerprint density at radius 2 is 2.11 bits per heavy atom.